The molecule has 1 amide bonds. The van der Waals surface area contributed by atoms with E-state index in [1.54, 1.807) is 20.8 Å². The van der Waals surface area contributed by atoms with Crippen LogP contribution >= 0.6 is 0 Å². The number of carboxylic acids is 1. The average Bonchev–Trinajstić information content (AvgIpc) is 2.73. The fraction of sp³-hybridized carbons (Fsp3) is 0.583. The maximum atomic E-state index is 12.4. The molecule has 0 aliphatic carbocycles. The molecule has 0 saturated carbocycles. The second-order valence-corrected chi connectivity index (χ2v) is 5.46. The Morgan fingerprint density at radius 1 is 1.41 bits per heavy atom. The number of hydrogen-bond donors (Lipinski definition) is 2. The van der Waals surface area contributed by atoms with Crippen molar-refractivity contribution in [3.8, 4) is 0 Å². The summed E-state index contributed by atoms with van der Waals surface area (Å²) < 4.78 is 42.9. The number of aromatic nitrogens is 2. The minimum atomic E-state index is -4.62. The maximum Gasteiger partial charge on any atom is 0.435 e. The number of carbonyl (C=O) groups is 2. The lowest BCUT2D eigenvalue weighted by atomic mass is 10.2. The summed E-state index contributed by atoms with van der Waals surface area (Å²) in [5.74, 6) is -1.42. The lowest BCUT2D eigenvalue weighted by Gasteiger charge is -2.22. The molecular formula is C12H16F3N3O4. The van der Waals surface area contributed by atoms with Crippen molar-refractivity contribution in [2.24, 2.45) is 0 Å². The van der Waals surface area contributed by atoms with Crippen LogP contribution in [0.3, 0.4) is 0 Å². The highest BCUT2D eigenvalue weighted by Crippen LogP contribution is 2.27. The molecule has 0 aliphatic rings. The van der Waals surface area contributed by atoms with Crippen molar-refractivity contribution in [1.82, 2.24) is 15.1 Å². The zero-order valence-corrected chi connectivity index (χ0v) is 12.1. The van der Waals surface area contributed by atoms with Gasteiger partial charge in [-0.25, -0.2) is 9.59 Å². The third-order valence-corrected chi connectivity index (χ3v) is 2.29. The third-order valence-electron chi connectivity index (χ3n) is 2.29. The Kier molecular flexibility index (Phi) is 5.05. The van der Waals surface area contributed by atoms with Crippen LogP contribution in [0.5, 0.6) is 0 Å². The van der Waals surface area contributed by atoms with Crippen molar-refractivity contribution in [2.45, 2.75) is 45.1 Å². The van der Waals surface area contributed by atoms with Crippen molar-refractivity contribution in [1.29, 1.82) is 0 Å². The number of alkyl halides is 3. The lowest BCUT2D eigenvalue weighted by Crippen LogP contribution is -2.45. The van der Waals surface area contributed by atoms with Crippen molar-refractivity contribution in [2.75, 3.05) is 0 Å². The molecule has 0 fully saturated rings. The molecule has 7 nitrogen and oxygen atoms in total. The van der Waals surface area contributed by atoms with Crippen molar-refractivity contribution in [3.05, 3.63) is 18.0 Å². The second-order valence-electron chi connectivity index (χ2n) is 5.46. The van der Waals surface area contributed by atoms with Gasteiger partial charge in [-0.15, -0.1) is 0 Å². The summed E-state index contributed by atoms with van der Waals surface area (Å²) in [7, 11) is 0. The summed E-state index contributed by atoms with van der Waals surface area (Å²) in [5, 5.41) is 14.3. The Hall–Kier alpha value is -2.26. The first kappa shape index (κ1) is 17.8. The van der Waals surface area contributed by atoms with Crippen LogP contribution in [0.25, 0.3) is 0 Å². The van der Waals surface area contributed by atoms with Gasteiger partial charge in [-0.2, -0.15) is 18.3 Å². The van der Waals surface area contributed by atoms with Gasteiger partial charge in [-0.1, -0.05) is 0 Å². The van der Waals surface area contributed by atoms with Crippen LogP contribution in [0.2, 0.25) is 0 Å². The van der Waals surface area contributed by atoms with Gasteiger partial charge in [-0.3, -0.25) is 4.68 Å². The molecular weight excluding hydrogens is 307 g/mol. The third kappa shape index (κ3) is 5.62. The minimum absolute atomic E-state index is 0.468. The van der Waals surface area contributed by atoms with Crippen LogP contribution < -0.4 is 5.32 Å². The topological polar surface area (TPSA) is 93.5 Å². The molecule has 0 aromatic carbocycles. The number of aliphatic carboxylic acids is 1. The maximum absolute atomic E-state index is 12.4. The van der Waals surface area contributed by atoms with Crippen molar-refractivity contribution in [3.63, 3.8) is 0 Å². The van der Waals surface area contributed by atoms with Crippen LogP contribution in [0.4, 0.5) is 18.0 Å². The standard InChI is InChI=1S/C12H16F3N3O4/c1-11(2,3)22-10(21)16-7(9(19)20)6-18-5-4-8(17-18)12(13,14)15/h4-5,7H,6H2,1-3H3,(H,16,21)(H,19,20). The molecule has 2 N–H and O–H groups in total. The zero-order chi connectivity index (χ0) is 17.1. The van der Waals surface area contributed by atoms with E-state index in [1.165, 1.54) is 0 Å². The number of ether oxygens (including phenoxy) is 1. The van der Waals surface area contributed by atoms with Gasteiger partial charge in [0.1, 0.15) is 11.6 Å². The van der Waals surface area contributed by atoms with Crippen molar-refractivity contribution >= 4 is 12.1 Å². The van der Waals surface area contributed by atoms with Gasteiger partial charge in [0, 0.05) is 6.20 Å². The predicted molar refractivity (Wildman–Crippen MR) is 68.0 cm³/mol. The largest absolute Gasteiger partial charge is 0.480 e. The van der Waals surface area contributed by atoms with Crippen LogP contribution in [-0.2, 0) is 22.3 Å². The molecule has 124 valence electrons. The number of halogens is 3. The molecule has 0 spiro atoms. The van der Waals surface area contributed by atoms with Gasteiger partial charge in [0.25, 0.3) is 0 Å². The lowest BCUT2D eigenvalue weighted by molar-refractivity contribution is -0.141. The van der Waals surface area contributed by atoms with Gasteiger partial charge in [0.05, 0.1) is 6.54 Å². The second kappa shape index (κ2) is 6.24. The molecule has 10 heteroatoms. The fourth-order valence-corrected chi connectivity index (χ4v) is 1.44. The summed E-state index contributed by atoms with van der Waals surface area (Å²) in [5.41, 5.74) is -1.98. The Bertz CT molecular complexity index is 549. The number of nitrogens with one attached hydrogen (secondary N) is 1. The number of carbonyl (C=O) groups excluding carboxylic acids is 1. The van der Waals surface area contributed by atoms with Crippen LogP contribution in [0, 0.1) is 0 Å². The van der Waals surface area contributed by atoms with Crippen LogP contribution in [0.1, 0.15) is 26.5 Å². The van der Waals surface area contributed by atoms with E-state index in [0.717, 1.165) is 10.9 Å². The van der Waals surface area contributed by atoms with E-state index in [-0.39, 0.29) is 0 Å². The van der Waals surface area contributed by atoms with Gasteiger partial charge in [0.15, 0.2) is 5.69 Å². The van der Waals surface area contributed by atoms with Gasteiger partial charge in [0.2, 0.25) is 0 Å². The van der Waals surface area contributed by atoms with Gasteiger partial charge in [-0.05, 0) is 26.8 Å². The van der Waals surface area contributed by atoms with Crippen LogP contribution in [-0.4, -0.2) is 38.6 Å². The summed E-state index contributed by atoms with van der Waals surface area (Å²) in [4.78, 5) is 22.6. The molecule has 0 bridgehead atoms. The first-order chi connectivity index (χ1) is 9.88. The smallest absolute Gasteiger partial charge is 0.435 e. The number of rotatable bonds is 4. The quantitative estimate of drug-likeness (QED) is 0.882. The summed E-state index contributed by atoms with van der Waals surface area (Å²) >= 11 is 0. The normalized spacial score (nSPS) is 13.5. The predicted octanol–water partition coefficient (Wildman–Crippen LogP) is 1.88. The highest BCUT2D eigenvalue weighted by atomic mass is 19.4. The van der Waals surface area contributed by atoms with Crippen LogP contribution in [0.15, 0.2) is 12.3 Å². The molecule has 0 radical (unpaired) electrons. The Balaban J connectivity index is 2.75. The van der Waals surface area contributed by atoms with E-state index in [4.69, 9.17) is 9.84 Å². The Morgan fingerprint density at radius 3 is 2.41 bits per heavy atom. The number of hydrogen-bond acceptors (Lipinski definition) is 4. The Morgan fingerprint density at radius 2 is 2.00 bits per heavy atom. The number of amides is 1. The molecule has 1 rings (SSSR count). The van der Waals surface area contributed by atoms with E-state index >= 15 is 0 Å². The molecule has 1 aromatic heterocycles. The summed E-state index contributed by atoms with van der Waals surface area (Å²) in [6.07, 6.45) is -4.62. The molecule has 22 heavy (non-hydrogen) atoms. The highest BCUT2D eigenvalue weighted by molar-refractivity contribution is 5.79. The van der Waals surface area contributed by atoms with E-state index in [2.05, 4.69) is 10.4 Å². The SMILES string of the molecule is CC(C)(C)OC(=O)NC(Cn1ccc(C(F)(F)F)n1)C(=O)O. The summed E-state index contributed by atoms with van der Waals surface area (Å²) in [6, 6.07) is -0.761. The number of alkyl carbamates (subject to hydrolysis) is 1. The average molecular weight is 323 g/mol. The molecule has 1 unspecified atom stereocenters. The highest BCUT2D eigenvalue weighted by Gasteiger charge is 2.34. The molecule has 1 aromatic rings. The minimum Gasteiger partial charge on any atom is -0.480 e. The number of nitrogens with zero attached hydrogens (tertiary/aromatic N) is 2. The molecule has 0 saturated heterocycles. The first-order valence-electron chi connectivity index (χ1n) is 6.21. The van der Waals surface area contributed by atoms with Gasteiger partial charge >= 0.3 is 18.2 Å². The Labute approximate surface area is 124 Å². The monoisotopic (exact) mass is 323 g/mol. The van der Waals surface area contributed by atoms with E-state index in [1.807, 2.05) is 0 Å². The van der Waals surface area contributed by atoms with E-state index < -0.39 is 42.1 Å². The molecule has 1 heterocycles. The van der Waals surface area contributed by atoms with E-state index in [0.29, 0.717) is 6.07 Å². The first-order valence-corrected chi connectivity index (χ1v) is 6.21. The molecule has 1 atom stereocenters. The fourth-order valence-electron chi connectivity index (χ4n) is 1.44. The summed E-state index contributed by atoms with van der Waals surface area (Å²) in [6.45, 7) is 4.30. The van der Waals surface area contributed by atoms with Crippen molar-refractivity contribution < 1.29 is 32.6 Å². The zero-order valence-electron chi connectivity index (χ0n) is 12.1. The van der Waals surface area contributed by atoms with Gasteiger partial charge < -0.3 is 15.2 Å². The number of carboxylic acid groups (broad SMARTS) is 1. The molecule has 0 aliphatic heterocycles. The van der Waals surface area contributed by atoms with E-state index in [9.17, 15) is 22.8 Å².